The first-order valence-electron chi connectivity index (χ1n) is 11.1. The Morgan fingerprint density at radius 1 is 0.833 bits per heavy atom. The fourth-order valence-corrected chi connectivity index (χ4v) is 5.72. The van der Waals surface area contributed by atoms with Gasteiger partial charge in [-0.2, -0.15) is 5.10 Å². The average molecular weight is 527 g/mol. The summed E-state index contributed by atoms with van der Waals surface area (Å²) >= 11 is 0. The van der Waals surface area contributed by atoms with E-state index >= 15 is 0 Å². The Morgan fingerprint density at radius 2 is 1.50 bits per heavy atom. The fraction of sp³-hybridized carbons (Fsp3) is 0.208. The Labute approximate surface area is 210 Å². The van der Waals surface area contributed by atoms with Crippen LogP contribution in [0.25, 0.3) is 11.3 Å². The Morgan fingerprint density at radius 3 is 2.11 bits per heavy atom. The minimum Gasteiger partial charge on any atom is -0.280 e. The third-order valence-electron chi connectivity index (χ3n) is 5.19. The zero-order valence-corrected chi connectivity index (χ0v) is 21.8. The van der Waals surface area contributed by atoms with Crippen LogP contribution in [0.4, 0.5) is 11.5 Å². The topological polar surface area (TPSA) is 136 Å². The number of nitrogens with zero attached hydrogens (tertiary/aromatic N) is 4. The first kappa shape index (κ1) is 25.3. The quantitative estimate of drug-likeness (QED) is 0.352. The summed E-state index contributed by atoms with van der Waals surface area (Å²) in [5, 5.41) is 4.49. The Bertz CT molecular complexity index is 1580. The number of aryl methyl sites for hydroxylation is 2. The molecule has 12 heteroatoms. The minimum absolute atomic E-state index is 0.0234. The lowest BCUT2D eigenvalue weighted by Gasteiger charge is -2.11. The van der Waals surface area contributed by atoms with E-state index < -0.39 is 20.0 Å². The fourth-order valence-electron chi connectivity index (χ4n) is 3.51. The molecule has 0 unspecified atom stereocenters. The number of hydrogen-bond donors (Lipinski definition) is 2. The molecule has 2 heterocycles. The SMILES string of the molecule is Cc1cc(NS(=O)(=O)c2ccc(NS(=O)(=O)c3cn(C(C)C)nc3-c3ccccc3)cc2)nc(C)n1. The highest BCUT2D eigenvalue weighted by atomic mass is 32.2. The van der Waals surface area contributed by atoms with Gasteiger partial charge in [-0.1, -0.05) is 30.3 Å². The summed E-state index contributed by atoms with van der Waals surface area (Å²) < 4.78 is 58.7. The maximum absolute atomic E-state index is 13.3. The van der Waals surface area contributed by atoms with E-state index in [1.807, 2.05) is 32.0 Å². The third kappa shape index (κ3) is 5.55. The molecular formula is C24H26N6O4S2. The van der Waals surface area contributed by atoms with Crippen LogP contribution in [-0.4, -0.2) is 36.6 Å². The van der Waals surface area contributed by atoms with Gasteiger partial charge in [-0.25, -0.2) is 26.8 Å². The van der Waals surface area contributed by atoms with Crippen LogP contribution in [0, 0.1) is 13.8 Å². The van der Waals surface area contributed by atoms with Gasteiger partial charge >= 0.3 is 0 Å². The molecule has 0 aliphatic rings. The molecule has 0 spiro atoms. The lowest BCUT2D eigenvalue weighted by molar-refractivity contribution is 0.532. The van der Waals surface area contributed by atoms with Crippen molar-refractivity contribution in [3.63, 3.8) is 0 Å². The predicted octanol–water partition coefficient (Wildman–Crippen LogP) is 4.14. The number of nitrogens with one attached hydrogen (secondary N) is 2. The summed E-state index contributed by atoms with van der Waals surface area (Å²) in [5.41, 5.74) is 1.83. The molecule has 2 aromatic carbocycles. The van der Waals surface area contributed by atoms with Crippen molar-refractivity contribution < 1.29 is 16.8 Å². The van der Waals surface area contributed by atoms with Gasteiger partial charge in [-0.05, 0) is 52.0 Å². The molecule has 2 N–H and O–H groups in total. The van der Waals surface area contributed by atoms with Crippen molar-refractivity contribution in [1.82, 2.24) is 19.7 Å². The smallest absolute Gasteiger partial charge is 0.265 e. The molecule has 0 fully saturated rings. The lowest BCUT2D eigenvalue weighted by Crippen LogP contribution is -2.16. The van der Waals surface area contributed by atoms with Crippen molar-refractivity contribution in [3.8, 4) is 11.3 Å². The third-order valence-corrected chi connectivity index (χ3v) is 7.94. The Balaban J connectivity index is 1.60. The van der Waals surface area contributed by atoms with Crippen LogP contribution in [0.15, 0.2) is 76.7 Å². The van der Waals surface area contributed by atoms with Crippen LogP contribution in [0.1, 0.15) is 31.4 Å². The summed E-state index contributed by atoms with van der Waals surface area (Å²) in [6.07, 6.45) is 1.49. The summed E-state index contributed by atoms with van der Waals surface area (Å²) in [4.78, 5) is 8.20. The number of benzene rings is 2. The van der Waals surface area contributed by atoms with Crippen LogP contribution in [0.5, 0.6) is 0 Å². The molecule has 0 aliphatic carbocycles. The standard InChI is InChI=1S/C24H26N6O4S2/c1-16(2)30-15-22(24(27-30)19-8-6-5-7-9-19)36(33,34)28-20-10-12-21(13-11-20)35(31,32)29-23-14-17(3)25-18(4)26-23/h5-16,28H,1-4H3,(H,25,26,29). The molecule has 36 heavy (non-hydrogen) atoms. The van der Waals surface area contributed by atoms with E-state index in [-0.39, 0.29) is 27.3 Å². The summed E-state index contributed by atoms with van der Waals surface area (Å²) in [6, 6.07) is 15.9. The molecule has 4 rings (SSSR count). The van der Waals surface area contributed by atoms with Crippen molar-refractivity contribution in [3.05, 3.63) is 78.4 Å². The molecular weight excluding hydrogens is 500 g/mol. The van der Waals surface area contributed by atoms with Gasteiger partial charge in [0, 0.05) is 35.2 Å². The van der Waals surface area contributed by atoms with Crippen LogP contribution in [-0.2, 0) is 20.0 Å². The van der Waals surface area contributed by atoms with Gasteiger partial charge in [0.15, 0.2) is 0 Å². The molecule has 2 aromatic heterocycles. The second kappa shape index (κ2) is 9.70. The molecule has 0 amide bonds. The lowest BCUT2D eigenvalue weighted by atomic mass is 10.2. The molecule has 4 aromatic rings. The predicted molar refractivity (Wildman–Crippen MR) is 138 cm³/mol. The highest BCUT2D eigenvalue weighted by Gasteiger charge is 2.25. The zero-order chi connectivity index (χ0) is 26.1. The highest BCUT2D eigenvalue weighted by Crippen LogP contribution is 2.29. The van der Waals surface area contributed by atoms with Crippen molar-refractivity contribution in [1.29, 1.82) is 0 Å². The van der Waals surface area contributed by atoms with Crippen molar-refractivity contribution >= 4 is 31.6 Å². The van der Waals surface area contributed by atoms with Crippen molar-refractivity contribution in [2.75, 3.05) is 9.44 Å². The number of aromatic nitrogens is 4. The van der Waals surface area contributed by atoms with Gasteiger partial charge in [0.1, 0.15) is 22.2 Å². The van der Waals surface area contributed by atoms with E-state index in [1.165, 1.54) is 36.5 Å². The number of sulfonamides is 2. The average Bonchev–Trinajstić information content (AvgIpc) is 3.26. The largest absolute Gasteiger partial charge is 0.280 e. The molecule has 0 radical (unpaired) electrons. The van der Waals surface area contributed by atoms with E-state index in [2.05, 4.69) is 24.5 Å². The van der Waals surface area contributed by atoms with Crippen LogP contribution in [0.3, 0.4) is 0 Å². The molecule has 10 nitrogen and oxygen atoms in total. The van der Waals surface area contributed by atoms with Gasteiger partial charge in [-0.15, -0.1) is 0 Å². The molecule has 0 atom stereocenters. The molecule has 188 valence electrons. The van der Waals surface area contributed by atoms with Gasteiger partial charge in [-0.3, -0.25) is 14.1 Å². The number of anilines is 2. The second-order valence-electron chi connectivity index (χ2n) is 8.46. The van der Waals surface area contributed by atoms with Crippen molar-refractivity contribution in [2.45, 2.75) is 43.5 Å². The van der Waals surface area contributed by atoms with Gasteiger partial charge < -0.3 is 0 Å². The van der Waals surface area contributed by atoms with Crippen molar-refractivity contribution in [2.24, 2.45) is 0 Å². The molecule has 0 bridgehead atoms. The van der Waals surface area contributed by atoms with Crippen LogP contribution >= 0.6 is 0 Å². The molecule has 0 aliphatic heterocycles. The van der Waals surface area contributed by atoms with Gasteiger partial charge in [0.05, 0.1) is 4.90 Å². The van der Waals surface area contributed by atoms with E-state index in [1.54, 1.807) is 30.7 Å². The van der Waals surface area contributed by atoms with E-state index in [4.69, 9.17) is 0 Å². The van der Waals surface area contributed by atoms with Gasteiger partial charge in [0.2, 0.25) is 0 Å². The number of hydrogen-bond acceptors (Lipinski definition) is 7. The van der Waals surface area contributed by atoms with Gasteiger partial charge in [0.25, 0.3) is 20.0 Å². The zero-order valence-electron chi connectivity index (χ0n) is 20.2. The summed E-state index contributed by atoms with van der Waals surface area (Å²) in [7, 11) is -7.97. The van der Waals surface area contributed by atoms with Crippen LogP contribution < -0.4 is 9.44 Å². The first-order valence-corrected chi connectivity index (χ1v) is 14.0. The number of rotatable bonds is 8. The minimum atomic E-state index is -4.03. The first-order chi connectivity index (χ1) is 16.9. The molecule has 0 saturated carbocycles. The maximum Gasteiger partial charge on any atom is 0.265 e. The molecule has 0 saturated heterocycles. The van der Waals surface area contributed by atoms with E-state index in [0.717, 1.165) is 0 Å². The van der Waals surface area contributed by atoms with Crippen LogP contribution in [0.2, 0.25) is 0 Å². The summed E-state index contributed by atoms with van der Waals surface area (Å²) in [6.45, 7) is 7.22. The Hall–Kier alpha value is -3.77. The van der Waals surface area contributed by atoms with E-state index in [0.29, 0.717) is 22.8 Å². The highest BCUT2D eigenvalue weighted by molar-refractivity contribution is 7.93. The Kier molecular flexibility index (Phi) is 6.83. The monoisotopic (exact) mass is 526 g/mol. The van der Waals surface area contributed by atoms with E-state index in [9.17, 15) is 16.8 Å². The normalized spacial score (nSPS) is 12.0. The second-order valence-corrected chi connectivity index (χ2v) is 11.8. The maximum atomic E-state index is 13.3. The summed E-state index contributed by atoms with van der Waals surface area (Å²) in [5.74, 6) is 0.591.